The van der Waals surface area contributed by atoms with Crippen LogP contribution in [-0.2, 0) is 6.42 Å². The number of methoxy groups -OCH3 is 2. The lowest BCUT2D eigenvalue weighted by Gasteiger charge is -2.22. The standard InChI is InChI=1S/C19H24ClNO3/c1-13(10-14-4-9-18(23-2)19(11-14)24-3)21-17(12-22)15-5-7-16(20)8-6-15/h4-9,11,13,17,21-22H,10,12H2,1-3H3. The van der Waals surface area contributed by atoms with Crippen LogP contribution < -0.4 is 14.8 Å². The van der Waals surface area contributed by atoms with E-state index in [2.05, 4.69) is 12.2 Å². The van der Waals surface area contributed by atoms with Gasteiger partial charge in [-0.2, -0.15) is 0 Å². The monoisotopic (exact) mass is 349 g/mol. The van der Waals surface area contributed by atoms with Crippen molar-refractivity contribution < 1.29 is 14.6 Å². The molecule has 2 aromatic carbocycles. The zero-order valence-electron chi connectivity index (χ0n) is 14.3. The van der Waals surface area contributed by atoms with Gasteiger partial charge in [0.1, 0.15) is 0 Å². The lowest BCUT2D eigenvalue weighted by Crippen LogP contribution is -2.34. The summed E-state index contributed by atoms with van der Waals surface area (Å²) in [6.45, 7) is 2.12. The second-order valence-electron chi connectivity index (χ2n) is 5.75. The predicted molar refractivity (Wildman–Crippen MR) is 97.1 cm³/mol. The molecule has 2 unspecified atom stereocenters. The first-order valence-corrected chi connectivity index (χ1v) is 8.28. The molecule has 2 atom stereocenters. The minimum atomic E-state index is -0.127. The molecular formula is C19H24ClNO3. The molecule has 2 N–H and O–H groups in total. The van der Waals surface area contributed by atoms with E-state index in [-0.39, 0.29) is 18.7 Å². The smallest absolute Gasteiger partial charge is 0.160 e. The van der Waals surface area contributed by atoms with E-state index in [4.69, 9.17) is 21.1 Å². The normalized spacial score (nSPS) is 13.4. The van der Waals surface area contributed by atoms with Crippen molar-refractivity contribution in [1.82, 2.24) is 5.32 Å². The summed E-state index contributed by atoms with van der Waals surface area (Å²) in [6.07, 6.45) is 0.810. The molecule has 5 heteroatoms. The van der Waals surface area contributed by atoms with Crippen LogP contribution in [0.2, 0.25) is 5.02 Å². The van der Waals surface area contributed by atoms with Crippen molar-refractivity contribution in [2.75, 3.05) is 20.8 Å². The van der Waals surface area contributed by atoms with E-state index in [9.17, 15) is 5.11 Å². The Labute approximate surface area is 148 Å². The van der Waals surface area contributed by atoms with Gasteiger partial charge in [-0.3, -0.25) is 0 Å². The molecule has 0 aliphatic rings. The quantitative estimate of drug-likeness (QED) is 0.764. The van der Waals surface area contributed by atoms with Crippen molar-refractivity contribution in [2.24, 2.45) is 0 Å². The SMILES string of the molecule is COc1ccc(CC(C)NC(CO)c2ccc(Cl)cc2)cc1OC. The number of aliphatic hydroxyl groups is 1. The summed E-state index contributed by atoms with van der Waals surface area (Å²) in [4.78, 5) is 0. The number of hydrogen-bond acceptors (Lipinski definition) is 4. The van der Waals surface area contributed by atoms with Crippen molar-refractivity contribution in [3.05, 3.63) is 58.6 Å². The zero-order chi connectivity index (χ0) is 17.5. The first-order chi connectivity index (χ1) is 11.6. The van der Waals surface area contributed by atoms with Crippen LogP contribution in [0.15, 0.2) is 42.5 Å². The Bertz CT molecular complexity index is 646. The summed E-state index contributed by atoms with van der Waals surface area (Å²) < 4.78 is 10.6. The molecule has 0 aliphatic carbocycles. The Morgan fingerprint density at radius 3 is 2.29 bits per heavy atom. The van der Waals surface area contributed by atoms with Crippen LogP contribution in [0.3, 0.4) is 0 Å². The molecule has 130 valence electrons. The Morgan fingerprint density at radius 2 is 1.71 bits per heavy atom. The summed E-state index contributed by atoms with van der Waals surface area (Å²) >= 11 is 5.92. The number of ether oxygens (including phenoxy) is 2. The molecule has 4 nitrogen and oxygen atoms in total. The van der Waals surface area contributed by atoms with Crippen molar-refractivity contribution in [3.8, 4) is 11.5 Å². The molecule has 0 spiro atoms. The number of hydrogen-bond donors (Lipinski definition) is 2. The number of halogens is 1. The third-order valence-electron chi connectivity index (χ3n) is 3.93. The highest BCUT2D eigenvalue weighted by atomic mass is 35.5. The molecule has 2 aromatic rings. The van der Waals surface area contributed by atoms with Crippen molar-refractivity contribution >= 4 is 11.6 Å². The Hall–Kier alpha value is -1.75. The van der Waals surface area contributed by atoms with E-state index < -0.39 is 0 Å². The first kappa shape index (κ1) is 18.6. The Kier molecular flexibility index (Phi) is 6.91. The third kappa shape index (κ3) is 4.87. The fraction of sp³-hybridized carbons (Fsp3) is 0.368. The van der Waals surface area contributed by atoms with Gasteiger partial charge >= 0.3 is 0 Å². The number of rotatable bonds is 8. The van der Waals surface area contributed by atoms with Crippen LogP contribution in [-0.4, -0.2) is 32.0 Å². The summed E-state index contributed by atoms with van der Waals surface area (Å²) in [5.74, 6) is 1.44. The highest BCUT2D eigenvalue weighted by Crippen LogP contribution is 2.28. The fourth-order valence-corrected chi connectivity index (χ4v) is 2.84. The average Bonchev–Trinajstić information content (AvgIpc) is 2.60. The van der Waals surface area contributed by atoms with Gasteiger partial charge in [0.2, 0.25) is 0 Å². The Morgan fingerprint density at radius 1 is 1.04 bits per heavy atom. The fourth-order valence-electron chi connectivity index (χ4n) is 2.71. The minimum Gasteiger partial charge on any atom is -0.493 e. The maximum atomic E-state index is 9.68. The number of benzene rings is 2. The third-order valence-corrected chi connectivity index (χ3v) is 4.18. The molecule has 0 radical (unpaired) electrons. The molecule has 24 heavy (non-hydrogen) atoms. The van der Waals surface area contributed by atoms with Gasteiger partial charge in [0.25, 0.3) is 0 Å². The van der Waals surface area contributed by atoms with Crippen LogP contribution in [0.5, 0.6) is 11.5 Å². The predicted octanol–water partition coefficient (Wildman–Crippen LogP) is 3.61. The van der Waals surface area contributed by atoms with Crippen molar-refractivity contribution in [1.29, 1.82) is 0 Å². The van der Waals surface area contributed by atoms with Crippen LogP contribution in [0.1, 0.15) is 24.1 Å². The van der Waals surface area contributed by atoms with Gasteiger partial charge in [0, 0.05) is 11.1 Å². The van der Waals surface area contributed by atoms with Gasteiger partial charge in [0.05, 0.1) is 26.9 Å². The Balaban J connectivity index is 2.03. The lowest BCUT2D eigenvalue weighted by molar-refractivity contribution is 0.234. The maximum Gasteiger partial charge on any atom is 0.160 e. The van der Waals surface area contributed by atoms with Gasteiger partial charge in [0.15, 0.2) is 11.5 Å². The molecule has 0 saturated heterocycles. The summed E-state index contributed by atoms with van der Waals surface area (Å²) in [6, 6.07) is 13.5. The topological polar surface area (TPSA) is 50.7 Å². The molecule has 0 heterocycles. The first-order valence-electron chi connectivity index (χ1n) is 7.90. The van der Waals surface area contributed by atoms with E-state index in [0.29, 0.717) is 5.02 Å². The van der Waals surface area contributed by atoms with Crippen LogP contribution in [0, 0.1) is 0 Å². The second-order valence-corrected chi connectivity index (χ2v) is 6.18. The largest absolute Gasteiger partial charge is 0.493 e. The van der Waals surface area contributed by atoms with Gasteiger partial charge < -0.3 is 19.9 Å². The molecule has 0 fully saturated rings. The van der Waals surface area contributed by atoms with Crippen LogP contribution in [0.4, 0.5) is 0 Å². The van der Waals surface area contributed by atoms with Crippen LogP contribution in [0.25, 0.3) is 0 Å². The maximum absolute atomic E-state index is 9.68. The van der Waals surface area contributed by atoms with Crippen molar-refractivity contribution in [2.45, 2.75) is 25.4 Å². The van der Waals surface area contributed by atoms with E-state index in [1.54, 1.807) is 14.2 Å². The van der Waals surface area contributed by atoms with Gasteiger partial charge in [-0.1, -0.05) is 29.8 Å². The van der Waals surface area contributed by atoms with Gasteiger partial charge in [-0.15, -0.1) is 0 Å². The molecule has 2 rings (SSSR count). The second kappa shape index (κ2) is 8.92. The average molecular weight is 350 g/mol. The highest BCUT2D eigenvalue weighted by Gasteiger charge is 2.14. The molecular weight excluding hydrogens is 326 g/mol. The number of nitrogens with one attached hydrogen (secondary N) is 1. The lowest BCUT2D eigenvalue weighted by atomic mass is 10.0. The number of aliphatic hydroxyl groups excluding tert-OH is 1. The molecule has 0 amide bonds. The molecule has 0 aliphatic heterocycles. The summed E-state index contributed by atoms with van der Waals surface area (Å²) in [5.41, 5.74) is 2.15. The summed E-state index contributed by atoms with van der Waals surface area (Å²) in [5, 5.41) is 13.8. The summed E-state index contributed by atoms with van der Waals surface area (Å²) in [7, 11) is 3.26. The van der Waals surface area contributed by atoms with E-state index in [1.807, 2.05) is 42.5 Å². The van der Waals surface area contributed by atoms with Crippen LogP contribution >= 0.6 is 11.6 Å². The molecule has 0 aromatic heterocycles. The van der Waals surface area contributed by atoms with E-state index >= 15 is 0 Å². The van der Waals surface area contributed by atoms with E-state index in [1.165, 1.54) is 0 Å². The van der Waals surface area contributed by atoms with Gasteiger partial charge in [-0.25, -0.2) is 0 Å². The van der Waals surface area contributed by atoms with Crippen molar-refractivity contribution in [3.63, 3.8) is 0 Å². The zero-order valence-corrected chi connectivity index (χ0v) is 15.0. The highest BCUT2D eigenvalue weighted by molar-refractivity contribution is 6.30. The van der Waals surface area contributed by atoms with E-state index in [0.717, 1.165) is 29.0 Å². The molecule has 0 bridgehead atoms. The van der Waals surface area contributed by atoms with Gasteiger partial charge in [-0.05, 0) is 48.7 Å². The minimum absolute atomic E-state index is 0.0257. The molecule has 0 saturated carbocycles.